The van der Waals surface area contributed by atoms with E-state index in [0.29, 0.717) is 0 Å². The molecule has 1 aromatic heterocycles. The topological polar surface area (TPSA) is 30.7 Å². The van der Waals surface area contributed by atoms with E-state index >= 15 is 0 Å². The lowest BCUT2D eigenvalue weighted by Gasteiger charge is -2.18. The zero-order valence-electron chi connectivity index (χ0n) is 8.33. The molecule has 0 radical (unpaired) electrons. The molecule has 3 nitrogen and oxygen atoms in total. The number of hydrogen-bond acceptors (Lipinski definition) is 2. The Morgan fingerprint density at radius 1 is 1.42 bits per heavy atom. The lowest BCUT2D eigenvalue weighted by molar-refractivity contribution is 0.489. The second-order valence-corrected chi connectivity index (χ2v) is 3.70. The molecule has 0 saturated carbocycles. The van der Waals surface area contributed by atoms with Crippen LogP contribution in [0.5, 0.6) is 0 Å². The van der Waals surface area contributed by atoms with Gasteiger partial charge in [0.25, 0.3) is 0 Å². The molecule has 3 heteroatoms. The lowest BCUT2D eigenvalue weighted by atomic mass is 9.87. The Balaban J connectivity index is 2.88. The van der Waals surface area contributed by atoms with E-state index in [1.165, 1.54) is 0 Å². The van der Waals surface area contributed by atoms with Gasteiger partial charge in [0.2, 0.25) is 0 Å². The maximum Gasteiger partial charge on any atom is 0.0883 e. The van der Waals surface area contributed by atoms with E-state index < -0.39 is 0 Å². The van der Waals surface area contributed by atoms with Crippen LogP contribution in [0.3, 0.4) is 0 Å². The third kappa shape index (κ3) is 1.65. The highest BCUT2D eigenvalue weighted by Crippen LogP contribution is 2.23. The number of hydrogen-bond donors (Lipinski definition) is 0. The van der Waals surface area contributed by atoms with Crippen LogP contribution in [0.2, 0.25) is 0 Å². The fourth-order valence-corrected chi connectivity index (χ4v) is 0.944. The molecule has 0 aliphatic rings. The van der Waals surface area contributed by atoms with Gasteiger partial charge in [-0.1, -0.05) is 26.0 Å². The molecule has 68 valence electrons. The fraction of sp³-hybridized carbons (Fsp3) is 0.778. The maximum atomic E-state index is 4.14. The van der Waals surface area contributed by atoms with Gasteiger partial charge in [0, 0.05) is 18.2 Å². The summed E-state index contributed by atoms with van der Waals surface area (Å²) in [7, 11) is 0. The monoisotopic (exact) mass is 167 g/mol. The Hall–Kier alpha value is -0.860. The molecular formula is C9H17N3. The molecule has 1 rings (SSSR count). The molecule has 0 aliphatic carbocycles. The second-order valence-electron chi connectivity index (χ2n) is 3.70. The first-order chi connectivity index (χ1) is 5.60. The van der Waals surface area contributed by atoms with Gasteiger partial charge in [-0.3, -0.25) is 4.68 Å². The van der Waals surface area contributed by atoms with Crippen molar-refractivity contribution in [3.63, 3.8) is 0 Å². The van der Waals surface area contributed by atoms with Crippen LogP contribution < -0.4 is 0 Å². The molecule has 1 heterocycles. The van der Waals surface area contributed by atoms with Crippen molar-refractivity contribution < 1.29 is 0 Å². The van der Waals surface area contributed by atoms with E-state index in [2.05, 4.69) is 38.0 Å². The van der Waals surface area contributed by atoms with Crippen LogP contribution in [0.15, 0.2) is 6.20 Å². The summed E-state index contributed by atoms with van der Waals surface area (Å²) in [5.41, 5.74) is 1.25. The van der Waals surface area contributed by atoms with Gasteiger partial charge in [0.1, 0.15) is 0 Å². The summed E-state index contributed by atoms with van der Waals surface area (Å²) in [6.45, 7) is 9.52. The van der Waals surface area contributed by atoms with Gasteiger partial charge < -0.3 is 0 Å². The largest absolute Gasteiger partial charge is 0.253 e. The molecule has 0 saturated heterocycles. The van der Waals surface area contributed by atoms with Crippen LogP contribution >= 0.6 is 0 Å². The molecular weight excluding hydrogens is 150 g/mol. The van der Waals surface area contributed by atoms with Gasteiger partial charge in [-0.25, -0.2) is 0 Å². The minimum absolute atomic E-state index is 0.160. The third-order valence-corrected chi connectivity index (χ3v) is 2.44. The lowest BCUT2D eigenvalue weighted by Crippen LogP contribution is -2.15. The Morgan fingerprint density at radius 2 is 2.08 bits per heavy atom. The number of aryl methyl sites for hydroxylation is 1. The van der Waals surface area contributed by atoms with Crippen molar-refractivity contribution >= 4 is 0 Å². The fourth-order valence-electron chi connectivity index (χ4n) is 0.944. The summed E-state index contributed by atoms with van der Waals surface area (Å²) in [6.07, 6.45) is 3.12. The quantitative estimate of drug-likeness (QED) is 0.689. The Labute approximate surface area is 73.8 Å². The number of nitrogens with zero attached hydrogens (tertiary/aromatic N) is 3. The first kappa shape index (κ1) is 9.23. The van der Waals surface area contributed by atoms with Crippen LogP contribution in [0.25, 0.3) is 0 Å². The molecule has 0 unspecified atom stereocenters. The molecule has 0 N–H and O–H groups in total. The number of rotatable bonds is 3. The molecule has 12 heavy (non-hydrogen) atoms. The van der Waals surface area contributed by atoms with Crippen LogP contribution in [0.4, 0.5) is 0 Å². The van der Waals surface area contributed by atoms with Gasteiger partial charge >= 0.3 is 0 Å². The van der Waals surface area contributed by atoms with Gasteiger partial charge in [0.05, 0.1) is 5.69 Å². The summed E-state index contributed by atoms with van der Waals surface area (Å²) in [4.78, 5) is 0. The smallest absolute Gasteiger partial charge is 0.0883 e. The Kier molecular flexibility index (Phi) is 2.50. The molecule has 0 amide bonds. The van der Waals surface area contributed by atoms with E-state index in [1.54, 1.807) is 0 Å². The van der Waals surface area contributed by atoms with Crippen molar-refractivity contribution in [3.05, 3.63) is 11.9 Å². The molecule has 0 aliphatic heterocycles. The highest BCUT2D eigenvalue weighted by Gasteiger charge is 2.21. The van der Waals surface area contributed by atoms with Crippen molar-refractivity contribution in [1.29, 1.82) is 0 Å². The predicted octanol–water partition coefficient (Wildman–Crippen LogP) is 1.99. The average molecular weight is 167 g/mol. The van der Waals surface area contributed by atoms with Gasteiger partial charge in [-0.15, -0.1) is 5.10 Å². The van der Waals surface area contributed by atoms with E-state index in [4.69, 9.17) is 0 Å². The number of aromatic nitrogens is 3. The summed E-state index contributed by atoms with van der Waals surface area (Å²) >= 11 is 0. The standard InChI is InChI=1S/C9H17N3/c1-5-9(3,4)8-7-12(6-2)11-10-8/h7H,5-6H2,1-4H3. The van der Waals surface area contributed by atoms with Crippen molar-refractivity contribution in [3.8, 4) is 0 Å². The Morgan fingerprint density at radius 3 is 2.50 bits per heavy atom. The summed E-state index contributed by atoms with van der Waals surface area (Å²) in [5.74, 6) is 0. The predicted molar refractivity (Wildman–Crippen MR) is 49.0 cm³/mol. The first-order valence-corrected chi connectivity index (χ1v) is 4.50. The van der Waals surface area contributed by atoms with Gasteiger partial charge in [-0.05, 0) is 13.3 Å². The minimum Gasteiger partial charge on any atom is -0.253 e. The molecule has 0 bridgehead atoms. The molecule has 0 fully saturated rings. The van der Waals surface area contributed by atoms with Crippen LogP contribution in [0, 0.1) is 0 Å². The van der Waals surface area contributed by atoms with Gasteiger partial charge in [-0.2, -0.15) is 0 Å². The highest BCUT2D eigenvalue weighted by molar-refractivity contribution is 5.07. The van der Waals surface area contributed by atoms with E-state index in [0.717, 1.165) is 18.7 Å². The first-order valence-electron chi connectivity index (χ1n) is 4.50. The van der Waals surface area contributed by atoms with E-state index in [9.17, 15) is 0 Å². The molecule has 1 aromatic rings. The zero-order chi connectivity index (χ0) is 9.19. The molecule has 0 aromatic carbocycles. The van der Waals surface area contributed by atoms with E-state index in [-0.39, 0.29) is 5.41 Å². The second kappa shape index (κ2) is 3.25. The van der Waals surface area contributed by atoms with Crippen molar-refractivity contribution in [2.75, 3.05) is 0 Å². The third-order valence-electron chi connectivity index (χ3n) is 2.44. The summed E-state index contributed by atoms with van der Waals surface area (Å²) in [5, 5.41) is 8.16. The summed E-state index contributed by atoms with van der Waals surface area (Å²) in [6, 6.07) is 0. The zero-order valence-corrected chi connectivity index (χ0v) is 8.33. The maximum absolute atomic E-state index is 4.14. The van der Waals surface area contributed by atoms with Crippen molar-refractivity contribution in [1.82, 2.24) is 15.0 Å². The molecule has 0 atom stereocenters. The highest BCUT2D eigenvalue weighted by atomic mass is 15.4. The van der Waals surface area contributed by atoms with Gasteiger partial charge in [0.15, 0.2) is 0 Å². The normalized spacial score (nSPS) is 12.0. The van der Waals surface area contributed by atoms with Crippen LogP contribution in [-0.2, 0) is 12.0 Å². The summed E-state index contributed by atoms with van der Waals surface area (Å²) < 4.78 is 1.87. The van der Waals surface area contributed by atoms with Crippen LogP contribution in [-0.4, -0.2) is 15.0 Å². The van der Waals surface area contributed by atoms with Crippen molar-refractivity contribution in [2.45, 2.75) is 46.1 Å². The SMILES string of the molecule is CCn1cc(C(C)(C)CC)nn1. The average Bonchev–Trinajstić information content (AvgIpc) is 2.52. The van der Waals surface area contributed by atoms with Crippen LogP contribution in [0.1, 0.15) is 39.8 Å². The molecule has 0 spiro atoms. The van der Waals surface area contributed by atoms with E-state index in [1.807, 2.05) is 10.9 Å². The van der Waals surface area contributed by atoms with Crippen molar-refractivity contribution in [2.24, 2.45) is 0 Å². The minimum atomic E-state index is 0.160. The Bertz CT molecular complexity index is 250.